The van der Waals surface area contributed by atoms with Crippen molar-refractivity contribution in [3.63, 3.8) is 0 Å². The summed E-state index contributed by atoms with van der Waals surface area (Å²) in [6.07, 6.45) is 0.724. The first-order valence-electron chi connectivity index (χ1n) is 4.63. The van der Waals surface area contributed by atoms with Crippen LogP contribution in [0.3, 0.4) is 0 Å². The minimum Gasteiger partial charge on any atom is -0.396 e. The van der Waals surface area contributed by atoms with Gasteiger partial charge in [0.1, 0.15) is 0 Å². The SMILES string of the molecule is CC(CCO)CNc1nc(N)nc(Cl)n1. The van der Waals surface area contributed by atoms with E-state index < -0.39 is 0 Å². The summed E-state index contributed by atoms with van der Waals surface area (Å²) >= 11 is 5.60. The molecule has 1 rings (SSSR count). The molecular weight excluding hydrogens is 218 g/mol. The van der Waals surface area contributed by atoms with Crippen molar-refractivity contribution in [2.45, 2.75) is 13.3 Å². The maximum absolute atomic E-state index is 8.71. The quantitative estimate of drug-likeness (QED) is 0.684. The second-order valence-corrected chi connectivity index (χ2v) is 3.62. The van der Waals surface area contributed by atoms with Crippen LogP contribution >= 0.6 is 11.6 Å². The van der Waals surface area contributed by atoms with Gasteiger partial charge in [-0.3, -0.25) is 0 Å². The number of aliphatic hydroxyl groups is 1. The summed E-state index contributed by atoms with van der Waals surface area (Å²) in [5.74, 6) is 0.774. The first-order chi connectivity index (χ1) is 7.11. The third kappa shape index (κ3) is 4.26. The van der Waals surface area contributed by atoms with Gasteiger partial charge in [0.05, 0.1) is 0 Å². The Balaban J connectivity index is 2.50. The monoisotopic (exact) mass is 231 g/mol. The van der Waals surface area contributed by atoms with E-state index in [1.165, 1.54) is 0 Å². The fraction of sp³-hybridized carbons (Fsp3) is 0.625. The number of rotatable bonds is 5. The second kappa shape index (κ2) is 5.67. The normalized spacial score (nSPS) is 12.5. The minimum atomic E-state index is 0.0693. The average molecular weight is 232 g/mol. The molecule has 1 atom stereocenters. The van der Waals surface area contributed by atoms with Gasteiger partial charge in [0.2, 0.25) is 17.2 Å². The standard InChI is InChI=1S/C8H14ClN5O/c1-5(2-3-15)4-11-8-13-6(9)12-7(10)14-8/h5,15H,2-4H2,1H3,(H3,10,11,12,13,14). The zero-order valence-electron chi connectivity index (χ0n) is 8.44. The van der Waals surface area contributed by atoms with Crippen LogP contribution in [-0.4, -0.2) is 33.2 Å². The van der Waals surface area contributed by atoms with E-state index in [1.54, 1.807) is 0 Å². The van der Waals surface area contributed by atoms with Crippen molar-refractivity contribution < 1.29 is 5.11 Å². The number of aromatic nitrogens is 3. The lowest BCUT2D eigenvalue weighted by molar-refractivity contribution is 0.265. The van der Waals surface area contributed by atoms with Crippen LogP contribution in [0.4, 0.5) is 11.9 Å². The summed E-state index contributed by atoms with van der Waals surface area (Å²) < 4.78 is 0. The number of hydrogen-bond acceptors (Lipinski definition) is 6. The molecule has 0 saturated carbocycles. The van der Waals surface area contributed by atoms with Crippen molar-refractivity contribution in [3.8, 4) is 0 Å². The Labute approximate surface area is 92.9 Å². The summed E-state index contributed by atoms with van der Waals surface area (Å²) in [7, 11) is 0. The maximum atomic E-state index is 8.71. The maximum Gasteiger partial charge on any atom is 0.228 e. The van der Waals surface area contributed by atoms with Crippen LogP contribution in [0, 0.1) is 5.92 Å². The molecule has 7 heteroatoms. The van der Waals surface area contributed by atoms with E-state index in [0.717, 1.165) is 6.42 Å². The number of hydrogen-bond donors (Lipinski definition) is 3. The molecule has 0 aliphatic heterocycles. The molecule has 15 heavy (non-hydrogen) atoms. The highest BCUT2D eigenvalue weighted by atomic mass is 35.5. The highest BCUT2D eigenvalue weighted by Crippen LogP contribution is 2.08. The Morgan fingerprint density at radius 3 is 2.80 bits per heavy atom. The van der Waals surface area contributed by atoms with Gasteiger partial charge in [-0.15, -0.1) is 0 Å². The van der Waals surface area contributed by atoms with Gasteiger partial charge in [-0.2, -0.15) is 15.0 Å². The van der Waals surface area contributed by atoms with Gasteiger partial charge in [0, 0.05) is 13.2 Å². The van der Waals surface area contributed by atoms with Crippen LogP contribution in [0.5, 0.6) is 0 Å². The zero-order chi connectivity index (χ0) is 11.3. The Bertz CT molecular complexity index is 302. The molecule has 4 N–H and O–H groups in total. The van der Waals surface area contributed by atoms with Crippen LogP contribution in [-0.2, 0) is 0 Å². The van der Waals surface area contributed by atoms with Gasteiger partial charge in [-0.25, -0.2) is 0 Å². The Kier molecular flexibility index (Phi) is 4.51. The predicted octanol–water partition coefficient (Wildman–Crippen LogP) is 0.538. The first-order valence-corrected chi connectivity index (χ1v) is 5.01. The molecule has 0 aromatic carbocycles. The fourth-order valence-electron chi connectivity index (χ4n) is 1.03. The van der Waals surface area contributed by atoms with Crippen molar-refractivity contribution in [3.05, 3.63) is 5.28 Å². The van der Waals surface area contributed by atoms with E-state index >= 15 is 0 Å². The van der Waals surface area contributed by atoms with Gasteiger partial charge in [0.25, 0.3) is 0 Å². The van der Waals surface area contributed by atoms with Crippen molar-refractivity contribution in [1.82, 2.24) is 15.0 Å². The van der Waals surface area contributed by atoms with Gasteiger partial charge >= 0.3 is 0 Å². The highest BCUT2D eigenvalue weighted by molar-refractivity contribution is 6.28. The third-order valence-electron chi connectivity index (χ3n) is 1.86. The van der Waals surface area contributed by atoms with Crippen LogP contribution < -0.4 is 11.1 Å². The van der Waals surface area contributed by atoms with E-state index in [1.807, 2.05) is 6.92 Å². The number of anilines is 2. The van der Waals surface area contributed by atoms with Gasteiger partial charge < -0.3 is 16.2 Å². The van der Waals surface area contributed by atoms with E-state index in [4.69, 9.17) is 22.4 Å². The Hall–Kier alpha value is -1.14. The molecule has 0 saturated heterocycles. The number of nitrogens with zero attached hydrogens (tertiary/aromatic N) is 3. The third-order valence-corrected chi connectivity index (χ3v) is 2.02. The lowest BCUT2D eigenvalue weighted by atomic mass is 10.1. The highest BCUT2D eigenvalue weighted by Gasteiger charge is 2.04. The summed E-state index contributed by atoms with van der Waals surface area (Å²) in [5.41, 5.74) is 5.40. The summed E-state index contributed by atoms with van der Waals surface area (Å²) in [5, 5.41) is 11.8. The van der Waals surface area contributed by atoms with E-state index in [-0.39, 0.29) is 17.8 Å². The molecule has 0 spiro atoms. The molecular formula is C8H14ClN5O. The van der Waals surface area contributed by atoms with Crippen LogP contribution in [0.2, 0.25) is 5.28 Å². The number of aliphatic hydroxyl groups excluding tert-OH is 1. The molecule has 0 aliphatic carbocycles. The first kappa shape index (κ1) is 11.9. The van der Waals surface area contributed by atoms with Gasteiger partial charge in [-0.1, -0.05) is 6.92 Å². The predicted molar refractivity (Wildman–Crippen MR) is 58.6 cm³/mol. The van der Waals surface area contributed by atoms with E-state index in [9.17, 15) is 0 Å². The van der Waals surface area contributed by atoms with Gasteiger partial charge in [-0.05, 0) is 23.9 Å². The molecule has 6 nitrogen and oxygen atoms in total. The fourth-order valence-corrected chi connectivity index (χ4v) is 1.20. The van der Waals surface area contributed by atoms with Crippen molar-refractivity contribution >= 4 is 23.5 Å². The summed E-state index contributed by atoms with van der Waals surface area (Å²) in [6, 6.07) is 0. The molecule has 0 fully saturated rings. The Morgan fingerprint density at radius 2 is 2.20 bits per heavy atom. The molecule has 0 aliphatic rings. The van der Waals surface area contributed by atoms with Crippen LogP contribution in [0.1, 0.15) is 13.3 Å². The molecule has 1 heterocycles. The lowest BCUT2D eigenvalue weighted by Gasteiger charge is -2.10. The van der Waals surface area contributed by atoms with Crippen molar-refractivity contribution in [1.29, 1.82) is 0 Å². The lowest BCUT2D eigenvalue weighted by Crippen LogP contribution is -2.15. The van der Waals surface area contributed by atoms with Crippen molar-refractivity contribution in [2.75, 3.05) is 24.2 Å². The number of halogens is 1. The molecule has 1 aromatic rings. The van der Waals surface area contributed by atoms with Crippen molar-refractivity contribution in [2.24, 2.45) is 5.92 Å². The van der Waals surface area contributed by atoms with Gasteiger partial charge in [0.15, 0.2) is 0 Å². The molecule has 1 unspecified atom stereocenters. The zero-order valence-corrected chi connectivity index (χ0v) is 9.20. The van der Waals surface area contributed by atoms with E-state index in [2.05, 4.69) is 20.3 Å². The summed E-state index contributed by atoms with van der Waals surface area (Å²) in [6.45, 7) is 2.83. The largest absolute Gasteiger partial charge is 0.396 e. The molecule has 0 bridgehead atoms. The molecule has 1 aromatic heterocycles. The second-order valence-electron chi connectivity index (χ2n) is 3.28. The minimum absolute atomic E-state index is 0.0693. The molecule has 0 amide bonds. The van der Waals surface area contributed by atoms with Crippen LogP contribution in [0.15, 0.2) is 0 Å². The number of nitrogens with one attached hydrogen (secondary N) is 1. The number of nitrogen functional groups attached to an aromatic ring is 1. The molecule has 84 valence electrons. The topological polar surface area (TPSA) is 97.0 Å². The Morgan fingerprint density at radius 1 is 1.47 bits per heavy atom. The molecule has 0 radical (unpaired) electrons. The number of nitrogens with two attached hydrogens (primary N) is 1. The average Bonchev–Trinajstić information content (AvgIpc) is 2.14. The van der Waals surface area contributed by atoms with E-state index in [0.29, 0.717) is 18.4 Å². The van der Waals surface area contributed by atoms with Crippen LogP contribution in [0.25, 0.3) is 0 Å². The smallest absolute Gasteiger partial charge is 0.228 e. The summed E-state index contributed by atoms with van der Waals surface area (Å²) in [4.78, 5) is 11.4.